The van der Waals surface area contributed by atoms with E-state index in [1.807, 2.05) is 0 Å². The molecule has 0 saturated heterocycles. The summed E-state index contributed by atoms with van der Waals surface area (Å²) in [7, 11) is 0. The van der Waals surface area contributed by atoms with E-state index in [0.717, 1.165) is 0 Å². The number of rotatable bonds is 2. The third kappa shape index (κ3) is 3.93. The van der Waals surface area contributed by atoms with Crippen molar-refractivity contribution in [2.75, 3.05) is 0 Å². The van der Waals surface area contributed by atoms with Crippen molar-refractivity contribution < 1.29 is 9.90 Å². The lowest BCUT2D eigenvalue weighted by Gasteiger charge is -2.07. The zero-order chi connectivity index (χ0) is 6.73. The molecule has 0 aromatic carbocycles. The summed E-state index contributed by atoms with van der Waals surface area (Å²) < 4.78 is 0. The highest BCUT2D eigenvalue weighted by atomic mass is 16.4. The SMILES string of the molecule is CC(C)[C@H](N)C(=O)O.[N]. The van der Waals surface area contributed by atoms with E-state index in [1.165, 1.54) is 0 Å². The number of carbonyl (C=O) groups is 1. The first-order valence-electron chi connectivity index (χ1n) is 2.54. The third-order valence-corrected chi connectivity index (χ3v) is 1.00. The van der Waals surface area contributed by atoms with Crippen LogP contribution >= 0.6 is 0 Å². The van der Waals surface area contributed by atoms with Gasteiger partial charge in [0.1, 0.15) is 6.04 Å². The second-order valence-electron chi connectivity index (χ2n) is 2.11. The minimum Gasteiger partial charge on any atom is -0.480 e. The van der Waals surface area contributed by atoms with E-state index in [-0.39, 0.29) is 12.1 Å². The van der Waals surface area contributed by atoms with Gasteiger partial charge >= 0.3 is 5.97 Å². The Morgan fingerprint density at radius 1 is 1.56 bits per heavy atom. The number of carboxylic acid groups (broad SMARTS) is 1. The fraction of sp³-hybridized carbons (Fsp3) is 0.800. The lowest BCUT2D eigenvalue weighted by atomic mass is 10.1. The van der Waals surface area contributed by atoms with Crippen molar-refractivity contribution in [1.29, 1.82) is 0 Å². The van der Waals surface area contributed by atoms with Crippen molar-refractivity contribution in [3.05, 3.63) is 0 Å². The number of nitrogens with two attached hydrogens (primary N) is 1. The van der Waals surface area contributed by atoms with Crippen molar-refractivity contribution in [3.63, 3.8) is 0 Å². The minimum absolute atomic E-state index is 0. The van der Waals surface area contributed by atoms with Crippen LogP contribution in [0.4, 0.5) is 0 Å². The molecule has 0 aliphatic carbocycles. The Bertz CT molecular complexity index is 93.0. The van der Waals surface area contributed by atoms with Crippen LogP contribution in [0.5, 0.6) is 0 Å². The lowest BCUT2D eigenvalue weighted by molar-refractivity contribution is -0.139. The largest absolute Gasteiger partial charge is 0.480 e. The van der Waals surface area contributed by atoms with Gasteiger partial charge in [0.05, 0.1) is 0 Å². The minimum atomic E-state index is -0.931. The molecule has 0 aromatic heterocycles. The number of hydrogen-bond donors (Lipinski definition) is 2. The average Bonchev–Trinajstić information content (AvgIpc) is 1.64. The van der Waals surface area contributed by atoms with Crippen LogP contribution in [0.25, 0.3) is 0 Å². The van der Waals surface area contributed by atoms with Gasteiger partial charge < -0.3 is 10.8 Å². The maximum absolute atomic E-state index is 10.0. The third-order valence-electron chi connectivity index (χ3n) is 1.00. The Labute approximate surface area is 54.6 Å². The Kier molecular flexibility index (Phi) is 5.34. The van der Waals surface area contributed by atoms with Gasteiger partial charge in [0.2, 0.25) is 0 Å². The predicted molar refractivity (Wildman–Crippen MR) is 32.6 cm³/mol. The van der Waals surface area contributed by atoms with Crippen LogP contribution in [0.1, 0.15) is 13.8 Å². The summed E-state index contributed by atoms with van der Waals surface area (Å²) in [5, 5.41) is 8.23. The molecule has 0 aromatic rings. The highest BCUT2D eigenvalue weighted by Gasteiger charge is 2.14. The summed E-state index contributed by atoms with van der Waals surface area (Å²) in [6, 6.07) is -0.713. The topological polar surface area (TPSA) is 93.8 Å². The highest BCUT2D eigenvalue weighted by Crippen LogP contribution is 1.96. The second kappa shape index (κ2) is 4.29. The van der Waals surface area contributed by atoms with Gasteiger partial charge in [0, 0.05) is 6.15 Å². The van der Waals surface area contributed by atoms with Crippen LogP contribution in [-0.2, 0) is 4.79 Å². The molecule has 0 fully saturated rings. The molecule has 0 aliphatic rings. The van der Waals surface area contributed by atoms with Crippen molar-refractivity contribution in [3.8, 4) is 0 Å². The molecule has 0 saturated carbocycles. The van der Waals surface area contributed by atoms with Gasteiger partial charge in [-0.2, -0.15) is 0 Å². The van der Waals surface area contributed by atoms with E-state index in [0.29, 0.717) is 0 Å². The Balaban J connectivity index is 0. The summed E-state index contributed by atoms with van der Waals surface area (Å²) in [6.07, 6.45) is 0. The van der Waals surface area contributed by atoms with Crippen LogP contribution in [-0.4, -0.2) is 17.1 Å². The Morgan fingerprint density at radius 3 is 1.89 bits per heavy atom. The van der Waals surface area contributed by atoms with Crippen LogP contribution in [0.15, 0.2) is 0 Å². The van der Waals surface area contributed by atoms with Gasteiger partial charge in [-0.15, -0.1) is 0 Å². The summed E-state index contributed by atoms with van der Waals surface area (Å²) in [4.78, 5) is 10.0. The van der Waals surface area contributed by atoms with Gasteiger partial charge in [-0.3, -0.25) is 4.79 Å². The first-order chi connectivity index (χ1) is 3.55. The molecule has 4 nitrogen and oxygen atoms in total. The molecule has 0 rings (SSSR count). The van der Waals surface area contributed by atoms with E-state index in [2.05, 4.69) is 0 Å². The molecule has 0 aliphatic heterocycles. The van der Waals surface area contributed by atoms with E-state index in [9.17, 15) is 4.79 Å². The predicted octanol–water partition coefficient (Wildman–Crippen LogP) is -0.426. The fourth-order valence-electron chi connectivity index (χ4n) is 0.285. The fourth-order valence-corrected chi connectivity index (χ4v) is 0.285. The van der Waals surface area contributed by atoms with Gasteiger partial charge in [0.15, 0.2) is 0 Å². The second-order valence-corrected chi connectivity index (χ2v) is 2.11. The quantitative estimate of drug-likeness (QED) is 0.532. The maximum Gasteiger partial charge on any atom is 0.320 e. The molecular formula is C5H11N2O2. The van der Waals surface area contributed by atoms with E-state index < -0.39 is 12.0 Å². The molecule has 9 heavy (non-hydrogen) atoms. The molecule has 0 amide bonds. The van der Waals surface area contributed by atoms with Crippen LogP contribution in [0.3, 0.4) is 0 Å². The zero-order valence-electron chi connectivity index (χ0n) is 5.53. The van der Waals surface area contributed by atoms with Gasteiger partial charge in [-0.1, -0.05) is 13.8 Å². The van der Waals surface area contributed by atoms with Crippen molar-refractivity contribution in [2.45, 2.75) is 19.9 Å². The lowest BCUT2D eigenvalue weighted by Crippen LogP contribution is -2.34. The molecule has 0 unspecified atom stereocenters. The molecule has 1 atom stereocenters. The van der Waals surface area contributed by atoms with E-state index in [4.69, 9.17) is 10.8 Å². The number of aliphatic carboxylic acids is 1. The van der Waals surface area contributed by atoms with E-state index in [1.54, 1.807) is 13.8 Å². The van der Waals surface area contributed by atoms with Crippen LogP contribution < -0.4 is 11.9 Å². The molecule has 3 N–H and O–H groups in total. The average molecular weight is 131 g/mol. The normalized spacial score (nSPS) is 12.4. The summed E-state index contributed by atoms with van der Waals surface area (Å²) in [6.45, 7) is 3.55. The van der Waals surface area contributed by atoms with E-state index >= 15 is 0 Å². The molecule has 3 radical (unpaired) electrons. The molecule has 0 heterocycles. The number of nitrogens with zero attached hydrogens (tertiary/aromatic N) is 1. The summed E-state index contributed by atoms with van der Waals surface area (Å²) in [5.74, 6) is -0.910. The highest BCUT2D eigenvalue weighted by molar-refractivity contribution is 5.73. The monoisotopic (exact) mass is 131 g/mol. The molecule has 0 bridgehead atoms. The standard InChI is InChI=1S/C5H11NO2.N/c1-3(2)4(6)5(7)8;/h3-4H,6H2,1-2H3,(H,7,8);/t4-;/m0./s1. The maximum atomic E-state index is 10.0. The van der Waals surface area contributed by atoms with Crippen molar-refractivity contribution in [2.24, 2.45) is 11.7 Å². The number of carboxylic acids is 1. The number of hydrogen-bond acceptors (Lipinski definition) is 2. The van der Waals surface area contributed by atoms with Gasteiger partial charge in [-0.25, -0.2) is 0 Å². The molecule has 4 heteroatoms. The zero-order valence-corrected chi connectivity index (χ0v) is 5.53. The molecule has 53 valence electrons. The smallest absolute Gasteiger partial charge is 0.320 e. The van der Waals surface area contributed by atoms with Crippen molar-refractivity contribution >= 4 is 5.97 Å². The van der Waals surface area contributed by atoms with Gasteiger partial charge in [-0.05, 0) is 5.92 Å². The van der Waals surface area contributed by atoms with Gasteiger partial charge in [0.25, 0.3) is 0 Å². The van der Waals surface area contributed by atoms with Crippen LogP contribution in [0, 0.1) is 5.92 Å². The summed E-state index contributed by atoms with van der Waals surface area (Å²) >= 11 is 0. The summed E-state index contributed by atoms with van der Waals surface area (Å²) in [5.41, 5.74) is 5.16. The van der Waals surface area contributed by atoms with Crippen LogP contribution in [0.2, 0.25) is 0 Å². The first-order valence-corrected chi connectivity index (χ1v) is 2.54. The Morgan fingerprint density at radius 2 is 1.89 bits per heavy atom. The Hall–Kier alpha value is -0.610. The first kappa shape index (κ1) is 11.2. The molecule has 0 spiro atoms. The molecular weight excluding hydrogens is 120 g/mol. The van der Waals surface area contributed by atoms with Crippen molar-refractivity contribution in [1.82, 2.24) is 6.15 Å².